The normalized spacial score (nSPS) is 17.5. The van der Waals surface area contributed by atoms with Crippen molar-refractivity contribution >= 4 is 62.0 Å². The van der Waals surface area contributed by atoms with E-state index in [4.69, 9.17) is 28.9 Å². The second-order valence-corrected chi connectivity index (χ2v) is 33.1. The van der Waals surface area contributed by atoms with Crippen LogP contribution < -0.4 is 0 Å². The van der Waals surface area contributed by atoms with Crippen molar-refractivity contribution in [3.05, 3.63) is 70.8 Å². The van der Waals surface area contributed by atoms with Crippen LogP contribution in [-0.2, 0) is 32.4 Å². The maximum atomic E-state index is 16.0. The summed E-state index contributed by atoms with van der Waals surface area (Å²) in [6, 6.07) is 5.94. The number of benzene rings is 2. The molecule has 2 aromatic heterocycles. The zero-order valence-corrected chi connectivity index (χ0v) is 42.8. The molecule has 66 heavy (non-hydrogen) atoms. The molecule has 2 aliphatic rings. The van der Waals surface area contributed by atoms with Gasteiger partial charge in [-0.1, -0.05) is 39.3 Å². The number of carbonyl (C=O) groups excluding carboxylic acids is 4. The molecule has 2 aromatic carbocycles. The third-order valence-electron chi connectivity index (χ3n) is 11.4. The van der Waals surface area contributed by atoms with E-state index in [-0.39, 0.29) is 24.6 Å². The van der Waals surface area contributed by atoms with Gasteiger partial charge in [-0.3, -0.25) is 19.4 Å². The van der Waals surface area contributed by atoms with Crippen LogP contribution >= 0.6 is 0 Å². The quantitative estimate of drug-likeness (QED) is 0.0460. The maximum absolute atomic E-state index is 16.0. The van der Waals surface area contributed by atoms with Crippen molar-refractivity contribution in [3.8, 4) is 0 Å². The molecule has 2 saturated heterocycles. The molecule has 0 N–H and O–H groups in total. The monoisotopic (exact) mass is 950 g/mol. The van der Waals surface area contributed by atoms with Crippen molar-refractivity contribution in [2.45, 2.75) is 155 Å². The van der Waals surface area contributed by atoms with E-state index in [9.17, 15) is 19.2 Å². The minimum Gasteiger partial charge on any atom is -0.444 e. The standard InChI is InChI=1S/C48H68F2N6O8Si2/c1-47(2,3)63-45(59)53-19-13-15-37(53)43-51-35-25-31(33(49)27-39(35)55(43)29-61-21-23-65(7,8)9)41(57)17-18-42(58)32-26-36-40(28-34(32)50)56(30-62-22-24-66(10,11)12)44(52-36)38-16-14-20-54(38)46(60)64-48(4,5)6/h17-18,25-28,37-38H,13-16,19-24,29-30H2,1-12H3/b18-17+/t37-,38?/m0/s1. The number of nitrogens with zero attached hydrogens (tertiary/aromatic N) is 6. The number of fused-ring (bicyclic) bond motifs is 2. The second-order valence-electron chi connectivity index (χ2n) is 21.9. The first-order valence-electron chi connectivity index (χ1n) is 23.0. The summed E-state index contributed by atoms with van der Waals surface area (Å²) >= 11 is 0. The number of allylic oxidation sites excluding steroid dienone is 2. The summed E-state index contributed by atoms with van der Waals surface area (Å²) in [5, 5.41) is 0. The molecule has 18 heteroatoms. The molecule has 360 valence electrons. The van der Waals surface area contributed by atoms with Crippen LogP contribution in [0.1, 0.15) is 112 Å². The lowest BCUT2D eigenvalue weighted by atomic mass is 10.1. The highest BCUT2D eigenvalue weighted by Crippen LogP contribution is 2.37. The molecule has 0 spiro atoms. The highest BCUT2D eigenvalue weighted by atomic mass is 28.3. The van der Waals surface area contributed by atoms with Gasteiger partial charge in [0, 0.05) is 54.6 Å². The van der Waals surface area contributed by atoms with Gasteiger partial charge in [0.2, 0.25) is 0 Å². The van der Waals surface area contributed by atoms with Crippen molar-refractivity contribution in [1.82, 2.24) is 28.9 Å². The Bertz CT molecular complexity index is 2320. The number of rotatable bonds is 16. The molecule has 4 aromatic rings. The van der Waals surface area contributed by atoms with Crippen LogP contribution in [0.2, 0.25) is 51.4 Å². The van der Waals surface area contributed by atoms with Gasteiger partial charge in [-0.05, 0) is 104 Å². The van der Waals surface area contributed by atoms with Crippen molar-refractivity contribution in [3.63, 3.8) is 0 Å². The third kappa shape index (κ3) is 12.6. The molecular weight excluding hydrogens is 883 g/mol. The van der Waals surface area contributed by atoms with Gasteiger partial charge in [-0.2, -0.15) is 0 Å². The lowest BCUT2D eigenvalue weighted by Gasteiger charge is -2.28. The molecule has 2 atom stereocenters. The van der Waals surface area contributed by atoms with E-state index in [0.717, 1.165) is 24.2 Å². The Morgan fingerprint density at radius 3 is 1.33 bits per heavy atom. The number of likely N-dealkylation sites (tertiary alicyclic amines) is 2. The lowest BCUT2D eigenvalue weighted by molar-refractivity contribution is 0.0196. The number of aromatic nitrogens is 4. The first-order chi connectivity index (χ1) is 30.7. The minimum absolute atomic E-state index is 0.0556. The molecule has 2 fully saturated rings. The number of amides is 2. The van der Waals surface area contributed by atoms with Crippen molar-refractivity contribution in [2.75, 3.05) is 26.3 Å². The van der Waals surface area contributed by atoms with Gasteiger partial charge < -0.3 is 28.1 Å². The Hall–Kier alpha value is -4.79. The molecule has 1 unspecified atom stereocenters. The number of ketones is 2. The number of halogens is 2. The van der Waals surface area contributed by atoms with Crippen LogP contribution in [0.15, 0.2) is 36.4 Å². The molecule has 2 aliphatic heterocycles. The fraction of sp³-hybridized carbons (Fsp3) is 0.583. The van der Waals surface area contributed by atoms with Gasteiger partial charge in [-0.15, -0.1) is 0 Å². The van der Waals surface area contributed by atoms with Gasteiger partial charge in [-0.25, -0.2) is 28.3 Å². The maximum Gasteiger partial charge on any atom is 0.410 e. The van der Waals surface area contributed by atoms with E-state index >= 15 is 8.78 Å². The summed E-state index contributed by atoms with van der Waals surface area (Å²) in [4.78, 5) is 66.9. The molecule has 0 radical (unpaired) electrons. The van der Waals surface area contributed by atoms with Gasteiger partial charge in [0.25, 0.3) is 0 Å². The smallest absolute Gasteiger partial charge is 0.410 e. The van der Waals surface area contributed by atoms with Crippen LogP contribution in [0, 0.1) is 11.6 Å². The van der Waals surface area contributed by atoms with E-state index in [1.807, 2.05) is 0 Å². The number of hydrogen-bond acceptors (Lipinski definition) is 10. The third-order valence-corrected chi connectivity index (χ3v) is 14.8. The van der Waals surface area contributed by atoms with Gasteiger partial charge in [0.05, 0.1) is 45.3 Å². The Labute approximate surface area is 389 Å². The summed E-state index contributed by atoms with van der Waals surface area (Å²) in [6.07, 6.45) is 3.48. The summed E-state index contributed by atoms with van der Waals surface area (Å²) in [6.45, 7) is 26.3. The molecular formula is C48H68F2N6O8Si2. The molecule has 0 aliphatic carbocycles. The fourth-order valence-corrected chi connectivity index (χ4v) is 9.55. The van der Waals surface area contributed by atoms with Gasteiger partial charge >= 0.3 is 12.2 Å². The minimum atomic E-state index is -1.42. The number of carbonyl (C=O) groups is 4. The average molecular weight is 951 g/mol. The van der Waals surface area contributed by atoms with E-state index in [1.165, 1.54) is 24.3 Å². The molecule has 6 rings (SSSR count). The lowest BCUT2D eigenvalue weighted by Crippen LogP contribution is -2.37. The summed E-state index contributed by atoms with van der Waals surface area (Å²) < 4.78 is 59.2. The largest absolute Gasteiger partial charge is 0.444 e. The van der Waals surface area contributed by atoms with Gasteiger partial charge in [0.15, 0.2) is 11.6 Å². The zero-order chi connectivity index (χ0) is 48.5. The van der Waals surface area contributed by atoms with Crippen LogP contribution in [-0.4, -0.2) is 106 Å². The highest BCUT2D eigenvalue weighted by molar-refractivity contribution is 6.76. The highest BCUT2D eigenvalue weighted by Gasteiger charge is 2.38. The van der Waals surface area contributed by atoms with Crippen LogP contribution in [0.3, 0.4) is 0 Å². The average Bonchev–Trinajstić information content (AvgIpc) is 4.00. The zero-order valence-electron chi connectivity index (χ0n) is 40.8. The predicted molar refractivity (Wildman–Crippen MR) is 255 cm³/mol. The van der Waals surface area contributed by atoms with E-state index in [2.05, 4.69) is 39.3 Å². The fourth-order valence-electron chi connectivity index (χ4n) is 8.03. The summed E-state index contributed by atoms with van der Waals surface area (Å²) in [5.74, 6) is -2.38. The Kier molecular flexibility index (Phi) is 15.2. The number of hydrogen-bond donors (Lipinski definition) is 0. The SMILES string of the molecule is CC(C)(C)OC(=O)N1CCCC1c1nc2cc(C(=O)/C=C/C(=O)c3cc4nc([C@@H]5CCCN5C(=O)OC(C)(C)C)n(COCC[Si](C)(C)C)c4cc3F)c(F)cc2n1COCC[Si](C)(C)C. The van der Waals surface area contributed by atoms with E-state index in [0.29, 0.717) is 85.7 Å². The first-order valence-corrected chi connectivity index (χ1v) is 30.4. The Balaban J connectivity index is 1.29. The Morgan fingerprint density at radius 2 is 1.00 bits per heavy atom. The summed E-state index contributed by atoms with van der Waals surface area (Å²) in [5.41, 5.74) is -0.733. The second kappa shape index (κ2) is 19.8. The number of ether oxygens (including phenoxy) is 4. The van der Waals surface area contributed by atoms with Crippen molar-refractivity contribution in [2.24, 2.45) is 0 Å². The van der Waals surface area contributed by atoms with E-state index in [1.54, 1.807) is 60.5 Å². The Morgan fingerprint density at radius 1 is 0.636 bits per heavy atom. The molecule has 4 heterocycles. The van der Waals surface area contributed by atoms with Crippen LogP contribution in [0.5, 0.6) is 0 Å². The van der Waals surface area contributed by atoms with Crippen LogP contribution in [0.25, 0.3) is 22.1 Å². The topological polar surface area (TPSA) is 147 Å². The molecule has 0 saturated carbocycles. The van der Waals surface area contributed by atoms with Crippen LogP contribution in [0.4, 0.5) is 18.4 Å². The number of imidazole rings is 2. The molecule has 2 amide bonds. The summed E-state index contributed by atoms with van der Waals surface area (Å²) in [7, 11) is -2.85. The first kappa shape index (κ1) is 50.6. The molecule has 14 nitrogen and oxygen atoms in total. The predicted octanol–water partition coefficient (Wildman–Crippen LogP) is 11.1. The van der Waals surface area contributed by atoms with Crippen molar-refractivity contribution in [1.29, 1.82) is 0 Å². The van der Waals surface area contributed by atoms with E-state index < -0.39 is 74.8 Å². The van der Waals surface area contributed by atoms with Gasteiger partial charge in [0.1, 0.15) is 47.9 Å². The molecule has 0 bridgehead atoms. The van der Waals surface area contributed by atoms with Crippen molar-refractivity contribution < 1.29 is 46.9 Å².